The van der Waals surface area contributed by atoms with E-state index >= 15 is 0 Å². The number of hydrogen-bond acceptors (Lipinski definition) is 5. The zero-order chi connectivity index (χ0) is 17.2. The first-order valence-electron chi connectivity index (χ1n) is 6.02. The Kier molecular flexibility index (Phi) is 5.41. The molecule has 0 unspecified atom stereocenters. The first-order valence-corrected chi connectivity index (χ1v) is 8.56. The molecule has 0 aromatic heterocycles. The number of rotatable bonds is 4. The third-order valence-electron chi connectivity index (χ3n) is 2.67. The van der Waals surface area contributed by atoms with Gasteiger partial charge in [-0.15, -0.1) is 0 Å². The fourth-order valence-electron chi connectivity index (χ4n) is 1.73. The van der Waals surface area contributed by atoms with Gasteiger partial charge in [-0.05, 0) is 30.3 Å². The Bertz CT molecular complexity index is 841. The van der Waals surface area contributed by atoms with Crippen molar-refractivity contribution >= 4 is 50.9 Å². The van der Waals surface area contributed by atoms with Crippen molar-refractivity contribution in [2.45, 2.75) is 4.90 Å². The Balaban J connectivity index is 2.42. The molecule has 0 aliphatic carbocycles. The van der Waals surface area contributed by atoms with Gasteiger partial charge in [0, 0.05) is 5.02 Å². The van der Waals surface area contributed by atoms with Crippen molar-refractivity contribution in [3.05, 3.63) is 57.0 Å². The third kappa shape index (κ3) is 4.09. The van der Waals surface area contributed by atoms with Gasteiger partial charge in [0.15, 0.2) is 0 Å². The first-order chi connectivity index (χ1) is 10.7. The molecule has 122 valence electrons. The average Bonchev–Trinajstić information content (AvgIpc) is 2.44. The number of carbonyl (C=O) groups excluding carboxylic acids is 1. The summed E-state index contributed by atoms with van der Waals surface area (Å²) in [4.78, 5) is 11.1. The van der Waals surface area contributed by atoms with Gasteiger partial charge in [0.25, 0.3) is 0 Å². The number of carbonyl (C=O) groups is 1. The van der Waals surface area contributed by atoms with Crippen LogP contribution in [0.3, 0.4) is 0 Å². The van der Waals surface area contributed by atoms with Gasteiger partial charge in [-0.25, -0.2) is 4.79 Å². The topological polar surface area (TPSA) is 69.7 Å². The van der Waals surface area contributed by atoms with Crippen LogP contribution < -0.4 is 4.18 Å². The normalized spacial score (nSPS) is 11.1. The summed E-state index contributed by atoms with van der Waals surface area (Å²) in [7, 11) is -3.11. The molecule has 2 aromatic carbocycles. The third-order valence-corrected chi connectivity index (χ3v) is 5.06. The summed E-state index contributed by atoms with van der Waals surface area (Å²) in [5.74, 6) is -0.717. The van der Waals surface area contributed by atoms with Crippen molar-refractivity contribution in [2.24, 2.45) is 0 Å². The molecule has 0 spiro atoms. The van der Waals surface area contributed by atoms with E-state index in [-0.39, 0.29) is 26.4 Å². The highest BCUT2D eigenvalue weighted by atomic mass is 35.5. The molecule has 0 N–H and O–H groups in total. The quantitative estimate of drug-likeness (QED) is 0.573. The molecule has 0 saturated carbocycles. The fourth-order valence-corrected chi connectivity index (χ4v) is 4.15. The van der Waals surface area contributed by atoms with Gasteiger partial charge in [0.1, 0.15) is 10.6 Å². The number of hydrogen-bond donors (Lipinski definition) is 0. The first kappa shape index (κ1) is 17.9. The van der Waals surface area contributed by atoms with E-state index in [1.54, 1.807) is 0 Å². The molecular formula is C14H9Cl3O5S. The highest BCUT2D eigenvalue weighted by Gasteiger charge is 2.25. The van der Waals surface area contributed by atoms with Gasteiger partial charge in [0.05, 0.1) is 22.7 Å². The van der Waals surface area contributed by atoms with Crippen LogP contribution in [0.15, 0.2) is 41.3 Å². The van der Waals surface area contributed by atoms with E-state index < -0.39 is 21.0 Å². The van der Waals surface area contributed by atoms with Crippen LogP contribution in [-0.2, 0) is 14.9 Å². The predicted molar refractivity (Wildman–Crippen MR) is 87.1 cm³/mol. The molecule has 0 amide bonds. The van der Waals surface area contributed by atoms with E-state index in [2.05, 4.69) is 4.74 Å². The summed E-state index contributed by atoms with van der Waals surface area (Å²) in [5.41, 5.74) is 0.133. The van der Waals surface area contributed by atoms with Crippen LogP contribution in [0.1, 0.15) is 10.4 Å². The molecule has 0 bridgehead atoms. The Labute approximate surface area is 147 Å². The summed E-state index contributed by atoms with van der Waals surface area (Å²) in [6.07, 6.45) is 0. The minimum atomic E-state index is -4.32. The maximum Gasteiger partial charge on any atom is 0.342 e. The van der Waals surface area contributed by atoms with Crippen molar-refractivity contribution in [3.63, 3.8) is 0 Å². The minimum absolute atomic E-state index is 0.0880. The van der Waals surface area contributed by atoms with E-state index in [1.165, 1.54) is 43.5 Å². The molecule has 0 fully saturated rings. The molecular weight excluding hydrogens is 387 g/mol. The standard InChI is InChI=1S/C14H9Cl3O5S/c1-21-14(18)8-3-2-4-10(5-8)22-23(19,20)13-11(16)6-9(15)7-12(13)17/h2-7H,1H3. The van der Waals surface area contributed by atoms with Crippen molar-refractivity contribution in [1.82, 2.24) is 0 Å². The molecule has 0 saturated heterocycles. The van der Waals surface area contributed by atoms with Gasteiger partial charge in [-0.1, -0.05) is 40.9 Å². The zero-order valence-corrected chi connectivity index (χ0v) is 14.6. The molecule has 0 heterocycles. The Hall–Kier alpha value is -1.47. The summed E-state index contributed by atoms with van der Waals surface area (Å²) in [6, 6.07) is 7.95. The van der Waals surface area contributed by atoms with Crippen LogP contribution in [0, 0.1) is 0 Å². The van der Waals surface area contributed by atoms with E-state index in [0.717, 1.165) is 0 Å². The molecule has 2 rings (SSSR count). The molecule has 2 aromatic rings. The number of ether oxygens (including phenoxy) is 1. The maximum absolute atomic E-state index is 12.4. The molecule has 0 aliphatic heterocycles. The summed E-state index contributed by atoms with van der Waals surface area (Å²) in [5, 5.41) is -0.162. The second kappa shape index (κ2) is 6.97. The van der Waals surface area contributed by atoms with Crippen LogP contribution in [0.5, 0.6) is 5.75 Å². The lowest BCUT2D eigenvalue weighted by Gasteiger charge is -2.11. The lowest BCUT2D eigenvalue weighted by atomic mass is 10.2. The van der Waals surface area contributed by atoms with Gasteiger partial charge >= 0.3 is 16.1 Å². The lowest BCUT2D eigenvalue weighted by molar-refractivity contribution is 0.0600. The van der Waals surface area contributed by atoms with Crippen molar-refractivity contribution in [1.29, 1.82) is 0 Å². The summed E-state index contributed by atoms with van der Waals surface area (Å²) in [6.45, 7) is 0. The highest BCUT2D eigenvalue weighted by molar-refractivity contribution is 7.87. The molecule has 0 atom stereocenters. The number of methoxy groups -OCH3 is 1. The van der Waals surface area contributed by atoms with Gasteiger partial charge < -0.3 is 8.92 Å². The molecule has 0 aliphatic rings. The SMILES string of the molecule is COC(=O)c1cccc(OS(=O)(=O)c2c(Cl)cc(Cl)cc2Cl)c1. The lowest BCUT2D eigenvalue weighted by Crippen LogP contribution is -2.12. The van der Waals surface area contributed by atoms with Crippen LogP contribution in [0.2, 0.25) is 15.1 Å². The van der Waals surface area contributed by atoms with Crippen molar-refractivity contribution < 1.29 is 22.1 Å². The second-order valence-corrected chi connectivity index (χ2v) is 6.99. The van der Waals surface area contributed by atoms with E-state index in [1.807, 2.05) is 0 Å². The van der Waals surface area contributed by atoms with Crippen LogP contribution in [0.25, 0.3) is 0 Å². The van der Waals surface area contributed by atoms with E-state index in [9.17, 15) is 13.2 Å². The smallest absolute Gasteiger partial charge is 0.342 e. The molecule has 23 heavy (non-hydrogen) atoms. The van der Waals surface area contributed by atoms with Crippen molar-refractivity contribution in [2.75, 3.05) is 7.11 Å². The largest absolute Gasteiger partial charge is 0.465 e. The zero-order valence-electron chi connectivity index (χ0n) is 11.5. The molecule has 0 radical (unpaired) electrons. The molecule has 9 heteroatoms. The monoisotopic (exact) mass is 394 g/mol. The number of esters is 1. The minimum Gasteiger partial charge on any atom is -0.465 e. The van der Waals surface area contributed by atoms with Crippen molar-refractivity contribution in [3.8, 4) is 5.75 Å². The summed E-state index contributed by atoms with van der Waals surface area (Å²) < 4.78 is 34.2. The number of benzene rings is 2. The Morgan fingerprint density at radius 2 is 1.65 bits per heavy atom. The predicted octanol–water partition coefficient (Wildman–Crippen LogP) is 4.20. The Morgan fingerprint density at radius 3 is 2.22 bits per heavy atom. The van der Waals surface area contributed by atoms with Gasteiger partial charge in [-0.3, -0.25) is 0 Å². The Morgan fingerprint density at radius 1 is 1.04 bits per heavy atom. The average molecular weight is 396 g/mol. The molecule has 5 nitrogen and oxygen atoms in total. The van der Waals surface area contributed by atoms with Gasteiger partial charge in [0.2, 0.25) is 0 Å². The van der Waals surface area contributed by atoms with Crippen LogP contribution in [-0.4, -0.2) is 21.5 Å². The van der Waals surface area contributed by atoms with Crippen LogP contribution in [0.4, 0.5) is 0 Å². The van der Waals surface area contributed by atoms with Gasteiger partial charge in [-0.2, -0.15) is 8.42 Å². The second-order valence-electron chi connectivity index (χ2n) is 4.26. The fraction of sp³-hybridized carbons (Fsp3) is 0.0714. The van der Waals surface area contributed by atoms with E-state index in [0.29, 0.717) is 0 Å². The summed E-state index contributed by atoms with van der Waals surface area (Å²) >= 11 is 17.5. The number of halogens is 3. The highest BCUT2D eigenvalue weighted by Crippen LogP contribution is 2.34. The van der Waals surface area contributed by atoms with Crippen LogP contribution >= 0.6 is 34.8 Å². The maximum atomic E-state index is 12.4. The van der Waals surface area contributed by atoms with E-state index in [4.69, 9.17) is 39.0 Å².